The lowest BCUT2D eigenvalue weighted by Gasteiger charge is -2.08. The Morgan fingerprint density at radius 3 is 2.07 bits per heavy atom. The highest BCUT2D eigenvalue weighted by atomic mass is 19.2. The van der Waals surface area contributed by atoms with Crippen LogP contribution in [0.15, 0.2) is 54.4 Å². The van der Waals surface area contributed by atoms with Crippen molar-refractivity contribution in [2.75, 3.05) is 0 Å². The lowest BCUT2D eigenvalue weighted by Crippen LogP contribution is -1.96. The number of hydrogen-bond acceptors (Lipinski definition) is 1. The molecule has 0 bridgehead atoms. The normalized spacial score (nSPS) is 12.0. The van der Waals surface area contributed by atoms with Crippen molar-refractivity contribution in [3.8, 4) is 5.75 Å². The summed E-state index contributed by atoms with van der Waals surface area (Å²) in [5.41, 5.74) is 2.70. The van der Waals surface area contributed by atoms with Crippen LogP contribution in [-0.4, -0.2) is 0 Å². The molecule has 0 aliphatic heterocycles. The molecule has 0 N–H and O–H groups in total. The first-order valence-corrected chi connectivity index (χ1v) is 9.99. The van der Waals surface area contributed by atoms with Gasteiger partial charge in [-0.15, -0.1) is 0 Å². The third kappa shape index (κ3) is 7.16. The topological polar surface area (TPSA) is 9.23 Å². The van der Waals surface area contributed by atoms with Gasteiger partial charge in [0.25, 0.3) is 0 Å². The Balaban J connectivity index is 1.85. The summed E-state index contributed by atoms with van der Waals surface area (Å²) >= 11 is 0. The second-order valence-electron chi connectivity index (χ2n) is 6.91. The van der Waals surface area contributed by atoms with Gasteiger partial charge in [-0.1, -0.05) is 57.4 Å². The number of ether oxygens (including phenoxy) is 1. The molecule has 0 atom stereocenters. The number of benzene rings is 2. The van der Waals surface area contributed by atoms with E-state index in [2.05, 4.69) is 31.2 Å². The molecular weight excluding hydrogens is 342 g/mol. The van der Waals surface area contributed by atoms with Crippen LogP contribution in [0.2, 0.25) is 0 Å². The van der Waals surface area contributed by atoms with E-state index in [4.69, 9.17) is 4.74 Å². The third-order valence-corrected chi connectivity index (χ3v) is 4.56. The fraction of sp³-hybridized carbons (Fsp3) is 0.417. The first kappa shape index (κ1) is 21.1. The van der Waals surface area contributed by atoms with E-state index in [1.165, 1.54) is 31.2 Å². The molecule has 27 heavy (non-hydrogen) atoms. The van der Waals surface area contributed by atoms with Crippen LogP contribution in [0.5, 0.6) is 5.75 Å². The molecule has 2 aromatic carbocycles. The quantitative estimate of drug-likeness (QED) is 0.366. The van der Waals surface area contributed by atoms with E-state index < -0.39 is 11.7 Å². The molecule has 0 spiro atoms. The molecular formula is C24H30F2O. The Bertz CT molecular complexity index is 702. The summed E-state index contributed by atoms with van der Waals surface area (Å²) in [6.07, 6.45) is 6.91. The SMILES string of the molecule is CCCCCCc1ccc(COc2ccc(C(F)=C(F)CCC)cc2)cc1. The molecule has 0 aromatic heterocycles. The van der Waals surface area contributed by atoms with Gasteiger partial charge in [0.05, 0.1) is 0 Å². The third-order valence-electron chi connectivity index (χ3n) is 4.56. The standard InChI is InChI=1S/C24H30F2O/c1-3-5-6-7-9-19-10-12-20(13-11-19)18-27-22-16-14-21(15-17-22)24(26)23(25)8-4-2/h10-17H,3-9,18H2,1-2H3. The van der Waals surface area contributed by atoms with Gasteiger partial charge in [-0.2, -0.15) is 0 Å². The zero-order chi connectivity index (χ0) is 19.5. The van der Waals surface area contributed by atoms with E-state index in [0.29, 0.717) is 18.8 Å². The summed E-state index contributed by atoms with van der Waals surface area (Å²) in [4.78, 5) is 0. The lowest BCUT2D eigenvalue weighted by atomic mass is 10.0. The number of rotatable bonds is 11. The minimum Gasteiger partial charge on any atom is -0.489 e. The average Bonchev–Trinajstić information content (AvgIpc) is 2.70. The summed E-state index contributed by atoms with van der Waals surface area (Å²) in [6, 6.07) is 15.0. The van der Waals surface area contributed by atoms with Crippen molar-refractivity contribution in [2.45, 2.75) is 65.4 Å². The maximum Gasteiger partial charge on any atom is 0.161 e. The Morgan fingerprint density at radius 1 is 0.778 bits per heavy atom. The van der Waals surface area contributed by atoms with Crippen molar-refractivity contribution in [2.24, 2.45) is 0 Å². The predicted molar refractivity (Wildman–Crippen MR) is 109 cm³/mol. The second-order valence-corrected chi connectivity index (χ2v) is 6.91. The van der Waals surface area contributed by atoms with Crippen LogP contribution in [0.25, 0.3) is 5.83 Å². The van der Waals surface area contributed by atoms with Gasteiger partial charge in [0.2, 0.25) is 0 Å². The van der Waals surface area contributed by atoms with Gasteiger partial charge in [-0.3, -0.25) is 0 Å². The summed E-state index contributed by atoms with van der Waals surface area (Å²) in [6.45, 7) is 4.50. The van der Waals surface area contributed by atoms with Gasteiger partial charge >= 0.3 is 0 Å². The van der Waals surface area contributed by atoms with Crippen molar-refractivity contribution >= 4 is 5.83 Å². The zero-order valence-corrected chi connectivity index (χ0v) is 16.4. The maximum atomic E-state index is 13.9. The van der Waals surface area contributed by atoms with Crippen LogP contribution in [0.4, 0.5) is 8.78 Å². The maximum absolute atomic E-state index is 13.9. The molecule has 0 heterocycles. The molecule has 2 aromatic rings. The number of aryl methyl sites for hydroxylation is 1. The van der Waals surface area contributed by atoms with Gasteiger partial charge in [0.15, 0.2) is 5.83 Å². The first-order chi connectivity index (χ1) is 13.1. The molecule has 0 aliphatic rings. The molecule has 3 heteroatoms. The van der Waals surface area contributed by atoms with E-state index in [9.17, 15) is 8.78 Å². The number of allylic oxidation sites excluding steroid dienone is 1. The summed E-state index contributed by atoms with van der Waals surface area (Å²) in [7, 11) is 0. The Kier molecular flexibility index (Phi) is 9.03. The molecule has 0 aliphatic carbocycles. The fourth-order valence-corrected chi connectivity index (χ4v) is 2.91. The number of unbranched alkanes of at least 4 members (excludes halogenated alkanes) is 3. The molecule has 0 saturated carbocycles. The van der Waals surface area contributed by atoms with Crippen molar-refractivity contribution in [1.29, 1.82) is 0 Å². The fourth-order valence-electron chi connectivity index (χ4n) is 2.91. The molecule has 0 saturated heterocycles. The van der Waals surface area contributed by atoms with Crippen molar-refractivity contribution in [3.63, 3.8) is 0 Å². The van der Waals surface area contributed by atoms with Crippen LogP contribution >= 0.6 is 0 Å². The van der Waals surface area contributed by atoms with Crippen molar-refractivity contribution in [1.82, 2.24) is 0 Å². The molecule has 0 amide bonds. The van der Waals surface area contributed by atoms with Crippen LogP contribution < -0.4 is 4.74 Å². The monoisotopic (exact) mass is 372 g/mol. The van der Waals surface area contributed by atoms with Gasteiger partial charge in [0.1, 0.15) is 18.2 Å². The Labute approximate surface area is 162 Å². The zero-order valence-electron chi connectivity index (χ0n) is 16.4. The molecule has 0 unspecified atom stereocenters. The van der Waals surface area contributed by atoms with Crippen LogP contribution in [0.1, 0.15) is 69.1 Å². The predicted octanol–water partition coefficient (Wildman–Crippen LogP) is 7.80. The van der Waals surface area contributed by atoms with Crippen LogP contribution in [0.3, 0.4) is 0 Å². The van der Waals surface area contributed by atoms with E-state index in [1.54, 1.807) is 24.3 Å². The van der Waals surface area contributed by atoms with Crippen molar-refractivity contribution in [3.05, 3.63) is 71.0 Å². The molecule has 1 nitrogen and oxygen atoms in total. The van der Waals surface area contributed by atoms with Gasteiger partial charge < -0.3 is 4.74 Å². The largest absolute Gasteiger partial charge is 0.489 e. The first-order valence-electron chi connectivity index (χ1n) is 9.99. The van der Waals surface area contributed by atoms with Crippen molar-refractivity contribution < 1.29 is 13.5 Å². The highest BCUT2D eigenvalue weighted by Crippen LogP contribution is 2.26. The molecule has 0 fully saturated rings. The van der Waals surface area contributed by atoms with Gasteiger partial charge in [-0.05, 0) is 54.7 Å². The molecule has 2 rings (SSSR count). The highest BCUT2D eigenvalue weighted by Gasteiger charge is 2.08. The molecule has 146 valence electrons. The van der Waals surface area contributed by atoms with Crippen LogP contribution in [-0.2, 0) is 13.0 Å². The summed E-state index contributed by atoms with van der Waals surface area (Å²) < 4.78 is 33.3. The van der Waals surface area contributed by atoms with E-state index in [1.807, 2.05) is 6.92 Å². The van der Waals surface area contributed by atoms with E-state index in [0.717, 1.165) is 12.0 Å². The minimum absolute atomic E-state index is 0.124. The second kappa shape index (κ2) is 11.5. The summed E-state index contributed by atoms with van der Waals surface area (Å²) in [5.74, 6) is -0.829. The molecule has 0 radical (unpaired) electrons. The number of halogens is 2. The van der Waals surface area contributed by atoms with Gasteiger partial charge in [0, 0.05) is 12.0 Å². The smallest absolute Gasteiger partial charge is 0.161 e. The lowest BCUT2D eigenvalue weighted by molar-refractivity contribution is 0.306. The summed E-state index contributed by atoms with van der Waals surface area (Å²) in [5, 5.41) is 0. The van der Waals surface area contributed by atoms with E-state index in [-0.39, 0.29) is 12.0 Å². The Morgan fingerprint density at radius 2 is 1.44 bits per heavy atom. The minimum atomic E-state index is -0.780. The number of hydrogen-bond donors (Lipinski definition) is 0. The van der Waals surface area contributed by atoms with Gasteiger partial charge in [-0.25, -0.2) is 8.78 Å². The average molecular weight is 372 g/mol. The Hall–Kier alpha value is -2.16. The highest BCUT2D eigenvalue weighted by molar-refractivity contribution is 5.61. The van der Waals surface area contributed by atoms with E-state index >= 15 is 0 Å². The van der Waals surface area contributed by atoms with Crippen LogP contribution in [0, 0.1) is 0 Å².